The number of hydrogen-bond donors (Lipinski definition) is 0. The van der Waals surface area contributed by atoms with Crippen LogP contribution in [-0.2, 0) is 11.2 Å². The van der Waals surface area contributed by atoms with Crippen molar-refractivity contribution in [3.05, 3.63) is 53.6 Å². The van der Waals surface area contributed by atoms with Gasteiger partial charge in [-0.25, -0.2) is 0 Å². The highest BCUT2D eigenvalue weighted by atomic mass is 16.6. The maximum Gasteiger partial charge on any atom is 0.311 e. The minimum Gasteiger partial charge on any atom is -0.490 e. The standard InChI is InChI=1S/C23H25NO4/c1-2-26-22-15-18(16-24)10-12-21(22)28-23(25)13-11-17-6-5-9-20(14-17)27-19-7-3-4-8-19/h5-6,9-10,12,14-15,19H,2-4,7-8,11,13H2,1H3. The average Bonchev–Trinajstić information content (AvgIpc) is 3.21. The van der Waals surface area contributed by atoms with Crippen LogP contribution in [0.2, 0.25) is 0 Å². The topological polar surface area (TPSA) is 68.5 Å². The summed E-state index contributed by atoms with van der Waals surface area (Å²) in [6.07, 6.45) is 5.82. The van der Waals surface area contributed by atoms with E-state index < -0.39 is 0 Å². The van der Waals surface area contributed by atoms with E-state index in [1.165, 1.54) is 12.8 Å². The van der Waals surface area contributed by atoms with E-state index >= 15 is 0 Å². The molecule has 0 aliphatic heterocycles. The Labute approximate surface area is 165 Å². The number of esters is 1. The van der Waals surface area contributed by atoms with Crippen LogP contribution >= 0.6 is 0 Å². The van der Waals surface area contributed by atoms with Gasteiger partial charge in [-0.05, 0) is 68.9 Å². The van der Waals surface area contributed by atoms with Gasteiger partial charge in [-0.1, -0.05) is 12.1 Å². The van der Waals surface area contributed by atoms with E-state index in [9.17, 15) is 4.79 Å². The number of ether oxygens (including phenoxy) is 3. The molecule has 146 valence electrons. The fourth-order valence-corrected chi connectivity index (χ4v) is 3.32. The Bertz CT molecular complexity index is 850. The summed E-state index contributed by atoms with van der Waals surface area (Å²) in [5.41, 5.74) is 1.50. The summed E-state index contributed by atoms with van der Waals surface area (Å²) in [7, 11) is 0. The summed E-state index contributed by atoms with van der Waals surface area (Å²) in [6.45, 7) is 2.26. The Balaban J connectivity index is 1.56. The molecule has 0 spiro atoms. The summed E-state index contributed by atoms with van der Waals surface area (Å²) >= 11 is 0. The monoisotopic (exact) mass is 379 g/mol. The molecule has 0 N–H and O–H groups in total. The molecule has 1 aliphatic carbocycles. The van der Waals surface area contributed by atoms with Crippen LogP contribution < -0.4 is 14.2 Å². The molecule has 3 rings (SSSR count). The Morgan fingerprint density at radius 1 is 1.14 bits per heavy atom. The number of benzene rings is 2. The molecule has 1 aliphatic rings. The second kappa shape index (κ2) is 9.80. The lowest BCUT2D eigenvalue weighted by Crippen LogP contribution is -2.12. The van der Waals surface area contributed by atoms with Crippen LogP contribution in [0.15, 0.2) is 42.5 Å². The van der Waals surface area contributed by atoms with E-state index in [-0.39, 0.29) is 12.4 Å². The third kappa shape index (κ3) is 5.50. The molecule has 0 bridgehead atoms. The predicted molar refractivity (Wildman–Crippen MR) is 106 cm³/mol. The SMILES string of the molecule is CCOc1cc(C#N)ccc1OC(=O)CCc1cccc(OC2CCCC2)c1. The predicted octanol–water partition coefficient (Wildman–Crippen LogP) is 4.82. The van der Waals surface area contributed by atoms with Crippen molar-refractivity contribution in [1.82, 2.24) is 0 Å². The Morgan fingerprint density at radius 3 is 2.71 bits per heavy atom. The van der Waals surface area contributed by atoms with Crippen LogP contribution in [0.1, 0.15) is 50.2 Å². The highest BCUT2D eigenvalue weighted by Gasteiger charge is 2.17. The maximum absolute atomic E-state index is 12.3. The number of carbonyl (C=O) groups is 1. The number of nitriles is 1. The number of carbonyl (C=O) groups excluding carboxylic acids is 1. The third-order valence-electron chi connectivity index (χ3n) is 4.72. The van der Waals surface area contributed by atoms with E-state index in [1.807, 2.05) is 31.2 Å². The van der Waals surface area contributed by atoms with Crippen LogP contribution in [0, 0.1) is 11.3 Å². The Hall–Kier alpha value is -3.00. The number of hydrogen-bond acceptors (Lipinski definition) is 5. The first-order chi connectivity index (χ1) is 13.7. The summed E-state index contributed by atoms with van der Waals surface area (Å²) in [5, 5.41) is 9.00. The van der Waals surface area contributed by atoms with E-state index in [0.29, 0.717) is 36.2 Å². The number of nitrogens with zero attached hydrogens (tertiary/aromatic N) is 1. The minimum atomic E-state index is -0.340. The van der Waals surface area contributed by atoms with Crippen LogP contribution in [0.25, 0.3) is 0 Å². The smallest absolute Gasteiger partial charge is 0.311 e. The van der Waals surface area contributed by atoms with Crippen LogP contribution in [0.4, 0.5) is 0 Å². The number of rotatable bonds is 8. The molecule has 0 heterocycles. The van der Waals surface area contributed by atoms with Gasteiger partial charge < -0.3 is 14.2 Å². The highest BCUT2D eigenvalue weighted by molar-refractivity contribution is 5.73. The quantitative estimate of drug-likeness (QED) is 0.486. The van der Waals surface area contributed by atoms with Crippen molar-refractivity contribution >= 4 is 5.97 Å². The van der Waals surface area contributed by atoms with Crippen LogP contribution in [-0.4, -0.2) is 18.7 Å². The molecular weight excluding hydrogens is 354 g/mol. The van der Waals surface area contributed by atoms with Gasteiger partial charge >= 0.3 is 5.97 Å². The molecule has 28 heavy (non-hydrogen) atoms. The van der Waals surface area contributed by atoms with Crippen LogP contribution in [0.3, 0.4) is 0 Å². The zero-order valence-corrected chi connectivity index (χ0v) is 16.1. The fraction of sp³-hybridized carbons (Fsp3) is 0.391. The summed E-state index contributed by atoms with van der Waals surface area (Å²) in [6, 6.07) is 14.7. The summed E-state index contributed by atoms with van der Waals surface area (Å²) in [4.78, 5) is 12.3. The van der Waals surface area contributed by atoms with Gasteiger partial charge in [-0.3, -0.25) is 4.79 Å². The van der Waals surface area contributed by atoms with Gasteiger partial charge in [0.1, 0.15) is 5.75 Å². The normalized spacial score (nSPS) is 13.7. The first-order valence-corrected chi connectivity index (χ1v) is 9.81. The van der Waals surface area contributed by atoms with Crippen molar-refractivity contribution < 1.29 is 19.0 Å². The summed E-state index contributed by atoms with van der Waals surface area (Å²) < 4.78 is 17.0. The molecule has 0 aromatic heterocycles. The molecule has 2 aromatic rings. The van der Waals surface area contributed by atoms with E-state index in [0.717, 1.165) is 24.2 Å². The minimum absolute atomic E-state index is 0.248. The van der Waals surface area contributed by atoms with Gasteiger partial charge in [-0.2, -0.15) is 5.26 Å². The van der Waals surface area contributed by atoms with Gasteiger partial charge in [0, 0.05) is 12.5 Å². The van der Waals surface area contributed by atoms with E-state index in [1.54, 1.807) is 18.2 Å². The summed E-state index contributed by atoms with van der Waals surface area (Å²) in [5.74, 6) is 1.27. The lowest BCUT2D eigenvalue weighted by Gasteiger charge is -2.14. The molecule has 0 radical (unpaired) electrons. The molecule has 0 atom stereocenters. The van der Waals surface area contributed by atoms with Gasteiger partial charge in [0.15, 0.2) is 11.5 Å². The zero-order valence-electron chi connectivity index (χ0n) is 16.1. The van der Waals surface area contributed by atoms with Crippen molar-refractivity contribution in [2.75, 3.05) is 6.61 Å². The average molecular weight is 379 g/mol. The van der Waals surface area contributed by atoms with Gasteiger partial charge in [0.25, 0.3) is 0 Å². The second-order valence-electron chi connectivity index (χ2n) is 6.85. The van der Waals surface area contributed by atoms with Gasteiger partial charge in [0.05, 0.1) is 24.3 Å². The molecule has 2 aromatic carbocycles. The van der Waals surface area contributed by atoms with Crippen molar-refractivity contribution in [2.45, 2.75) is 51.6 Å². The van der Waals surface area contributed by atoms with Gasteiger partial charge in [-0.15, -0.1) is 0 Å². The largest absolute Gasteiger partial charge is 0.490 e. The first-order valence-electron chi connectivity index (χ1n) is 9.81. The molecule has 0 unspecified atom stereocenters. The third-order valence-corrected chi connectivity index (χ3v) is 4.72. The lowest BCUT2D eigenvalue weighted by atomic mass is 10.1. The van der Waals surface area contributed by atoms with E-state index in [4.69, 9.17) is 19.5 Å². The molecule has 0 saturated heterocycles. The lowest BCUT2D eigenvalue weighted by molar-refractivity contribution is -0.134. The van der Waals surface area contributed by atoms with E-state index in [2.05, 4.69) is 6.07 Å². The van der Waals surface area contributed by atoms with Gasteiger partial charge in [0.2, 0.25) is 0 Å². The van der Waals surface area contributed by atoms with Crippen molar-refractivity contribution in [3.63, 3.8) is 0 Å². The molecule has 0 amide bonds. The fourth-order valence-electron chi connectivity index (χ4n) is 3.32. The first kappa shape index (κ1) is 19.8. The molecular formula is C23H25NO4. The van der Waals surface area contributed by atoms with Crippen LogP contribution in [0.5, 0.6) is 17.2 Å². The maximum atomic E-state index is 12.3. The molecule has 5 heteroatoms. The van der Waals surface area contributed by atoms with Crippen molar-refractivity contribution in [3.8, 4) is 23.3 Å². The van der Waals surface area contributed by atoms with Crippen molar-refractivity contribution in [2.24, 2.45) is 0 Å². The molecule has 1 saturated carbocycles. The number of aryl methyl sites for hydroxylation is 1. The zero-order chi connectivity index (χ0) is 19.8. The molecule has 5 nitrogen and oxygen atoms in total. The Kier molecular flexibility index (Phi) is 6.91. The van der Waals surface area contributed by atoms with Crippen molar-refractivity contribution in [1.29, 1.82) is 5.26 Å². The highest BCUT2D eigenvalue weighted by Crippen LogP contribution is 2.29. The second-order valence-corrected chi connectivity index (χ2v) is 6.85. The Morgan fingerprint density at radius 2 is 1.96 bits per heavy atom. The molecule has 1 fully saturated rings.